The second-order valence-electron chi connectivity index (χ2n) is 5.64. The summed E-state index contributed by atoms with van der Waals surface area (Å²) < 4.78 is 0.816. The van der Waals surface area contributed by atoms with E-state index >= 15 is 0 Å². The number of hydrogen-bond acceptors (Lipinski definition) is 7. The van der Waals surface area contributed by atoms with Crippen LogP contribution in [0.4, 0.5) is 5.13 Å². The Bertz CT molecular complexity index is 843. The maximum atomic E-state index is 12.3. The molecule has 0 aliphatic rings. The average molecular weight is 390 g/mol. The molecule has 4 nitrogen and oxygen atoms in total. The molecule has 0 bridgehead atoms. The second kappa shape index (κ2) is 8.60. The molecular weight excluding hydrogens is 370 g/mol. The minimum atomic E-state index is 0.121. The number of Topliss-reactive ketones (excluding diaryl/α,β-unsaturated/α-hetero) is 1. The van der Waals surface area contributed by atoms with Gasteiger partial charge in [0.25, 0.3) is 0 Å². The van der Waals surface area contributed by atoms with Crippen LogP contribution in [-0.4, -0.2) is 28.3 Å². The number of benzene rings is 1. The predicted octanol–water partition coefficient (Wildman–Crippen LogP) is 4.85. The fraction of sp³-hybridized carbons (Fsp3) is 0.278. The Labute approximate surface area is 159 Å². The van der Waals surface area contributed by atoms with E-state index in [0.29, 0.717) is 5.75 Å². The molecule has 0 unspecified atom stereocenters. The quantitative estimate of drug-likeness (QED) is 0.441. The van der Waals surface area contributed by atoms with Gasteiger partial charge in [0.2, 0.25) is 5.13 Å². The van der Waals surface area contributed by atoms with Crippen LogP contribution in [0.25, 0.3) is 0 Å². The van der Waals surface area contributed by atoms with Gasteiger partial charge in [-0.3, -0.25) is 4.79 Å². The number of anilines is 1. The Morgan fingerprint density at radius 1 is 1.20 bits per heavy atom. The maximum absolute atomic E-state index is 12.3. The molecule has 2 aromatic heterocycles. The van der Waals surface area contributed by atoms with Crippen LogP contribution in [0.15, 0.2) is 40.1 Å². The van der Waals surface area contributed by atoms with Crippen LogP contribution in [0.1, 0.15) is 26.4 Å². The van der Waals surface area contributed by atoms with Crippen molar-refractivity contribution in [2.45, 2.75) is 24.6 Å². The summed E-state index contributed by atoms with van der Waals surface area (Å²) in [7, 11) is 0. The summed E-state index contributed by atoms with van der Waals surface area (Å²) in [5, 5.41) is 14.5. The number of carbonyl (C=O) groups is 1. The molecular formula is C18H19N3OS3. The second-order valence-corrected chi connectivity index (χ2v) is 8.87. The first-order valence-corrected chi connectivity index (χ1v) is 10.6. The fourth-order valence-corrected chi connectivity index (χ4v) is 4.59. The van der Waals surface area contributed by atoms with Crippen LogP contribution >= 0.6 is 34.4 Å². The normalized spacial score (nSPS) is 10.8. The van der Waals surface area contributed by atoms with Crippen LogP contribution in [-0.2, 0) is 6.42 Å². The molecule has 0 amide bonds. The number of ketones is 1. The lowest BCUT2D eigenvalue weighted by Gasteiger charge is -2.03. The Kier molecular flexibility index (Phi) is 6.23. The van der Waals surface area contributed by atoms with Crippen molar-refractivity contribution >= 4 is 45.4 Å². The molecule has 0 aliphatic heterocycles. The number of aromatic nitrogens is 2. The fourth-order valence-electron chi connectivity index (χ4n) is 2.21. The lowest BCUT2D eigenvalue weighted by Crippen LogP contribution is -2.03. The third kappa shape index (κ3) is 5.14. The zero-order valence-corrected chi connectivity index (χ0v) is 16.6. The van der Waals surface area contributed by atoms with Crippen LogP contribution in [0.5, 0.6) is 0 Å². The van der Waals surface area contributed by atoms with Gasteiger partial charge in [-0.05, 0) is 48.9 Å². The molecule has 0 saturated carbocycles. The molecule has 1 aromatic carbocycles. The molecule has 0 radical (unpaired) electrons. The summed E-state index contributed by atoms with van der Waals surface area (Å²) in [6, 6.07) is 10.0. The van der Waals surface area contributed by atoms with Crippen molar-refractivity contribution in [3.63, 3.8) is 0 Å². The Morgan fingerprint density at radius 2 is 2.08 bits per heavy atom. The van der Waals surface area contributed by atoms with E-state index < -0.39 is 0 Å². The van der Waals surface area contributed by atoms with Gasteiger partial charge >= 0.3 is 0 Å². The van der Waals surface area contributed by atoms with Gasteiger partial charge in [0.05, 0.1) is 5.75 Å². The predicted molar refractivity (Wildman–Crippen MR) is 107 cm³/mol. The van der Waals surface area contributed by atoms with Crippen molar-refractivity contribution in [2.75, 3.05) is 17.6 Å². The van der Waals surface area contributed by atoms with Gasteiger partial charge in [-0.15, -0.1) is 21.5 Å². The molecule has 25 heavy (non-hydrogen) atoms. The van der Waals surface area contributed by atoms with Crippen molar-refractivity contribution in [1.82, 2.24) is 10.2 Å². The van der Waals surface area contributed by atoms with E-state index in [2.05, 4.69) is 33.0 Å². The van der Waals surface area contributed by atoms with E-state index in [1.165, 1.54) is 33.5 Å². The maximum Gasteiger partial charge on any atom is 0.206 e. The highest BCUT2D eigenvalue weighted by molar-refractivity contribution is 8.01. The molecule has 0 saturated heterocycles. The monoisotopic (exact) mass is 389 g/mol. The smallest absolute Gasteiger partial charge is 0.206 e. The summed E-state index contributed by atoms with van der Waals surface area (Å²) in [6.07, 6.45) is 0.977. The molecule has 0 spiro atoms. The van der Waals surface area contributed by atoms with Gasteiger partial charge in [0.1, 0.15) is 0 Å². The number of thiophene rings is 1. The average Bonchev–Trinajstić information content (AvgIpc) is 3.27. The highest BCUT2D eigenvalue weighted by Crippen LogP contribution is 2.26. The number of carbonyl (C=O) groups excluding carboxylic acids is 1. The summed E-state index contributed by atoms with van der Waals surface area (Å²) in [4.78, 5) is 13.7. The standard InChI is InChI=1S/C18H19N3OS3/c1-12-5-6-14(10-13(12)2)16(22)11-24-18-21-20-17(25-18)19-8-7-15-4-3-9-23-15/h3-6,9-10H,7-8,11H2,1-2H3,(H,19,20). The number of nitrogens with one attached hydrogen (secondary N) is 1. The van der Waals surface area contributed by atoms with E-state index in [4.69, 9.17) is 0 Å². The van der Waals surface area contributed by atoms with E-state index in [-0.39, 0.29) is 5.78 Å². The number of nitrogens with zero attached hydrogens (tertiary/aromatic N) is 2. The molecule has 0 atom stereocenters. The Morgan fingerprint density at radius 3 is 2.84 bits per heavy atom. The van der Waals surface area contributed by atoms with Crippen molar-refractivity contribution in [2.24, 2.45) is 0 Å². The number of thioether (sulfide) groups is 1. The first-order valence-electron chi connectivity index (χ1n) is 7.95. The summed E-state index contributed by atoms with van der Waals surface area (Å²) >= 11 is 4.70. The van der Waals surface area contributed by atoms with E-state index in [1.54, 1.807) is 11.3 Å². The summed E-state index contributed by atoms with van der Waals surface area (Å²) in [5.41, 5.74) is 3.10. The molecule has 130 valence electrons. The molecule has 1 N–H and O–H groups in total. The van der Waals surface area contributed by atoms with Crippen LogP contribution in [0.2, 0.25) is 0 Å². The van der Waals surface area contributed by atoms with Crippen molar-refractivity contribution in [3.05, 3.63) is 57.3 Å². The first kappa shape index (κ1) is 18.1. The third-order valence-electron chi connectivity index (χ3n) is 3.79. The molecule has 3 rings (SSSR count). The minimum Gasteiger partial charge on any atom is -0.360 e. The summed E-state index contributed by atoms with van der Waals surface area (Å²) in [6.45, 7) is 4.91. The molecule has 0 fully saturated rings. The Balaban J connectivity index is 1.47. The lowest BCUT2D eigenvalue weighted by molar-refractivity contribution is 0.102. The topological polar surface area (TPSA) is 54.9 Å². The van der Waals surface area contributed by atoms with Gasteiger partial charge in [-0.1, -0.05) is 41.3 Å². The van der Waals surface area contributed by atoms with Crippen LogP contribution in [0.3, 0.4) is 0 Å². The summed E-state index contributed by atoms with van der Waals surface area (Å²) in [5.74, 6) is 0.502. The van der Waals surface area contributed by atoms with Crippen LogP contribution in [0, 0.1) is 13.8 Å². The highest BCUT2D eigenvalue weighted by atomic mass is 32.2. The van der Waals surface area contributed by atoms with E-state index in [9.17, 15) is 4.79 Å². The SMILES string of the molecule is Cc1ccc(C(=O)CSc2nnc(NCCc3cccs3)s2)cc1C. The highest BCUT2D eigenvalue weighted by Gasteiger charge is 2.11. The van der Waals surface area contributed by atoms with Crippen molar-refractivity contribution in [3.8, 4) is 0 Å². The number of aryl methyl sites for hydroxylation is 2. The van der Waals surface area contributed by atoms with Crippen molar-refractivity contribution in [1.29, 1.82) is 0 Å². The molecule has 0 aliphatic carbocycles. The number of hydrogen-bond donors (Lipinski definition) is 1. The van der Waals surface area contributed by atoms with Gasteiger partial charge < -0.3 is 5.32 Å². The molecule has 7 heteroatoms. The third-order valence-corrected chi connectivity index (χ3v) is 6.74. The first-order chi connectivity index (χ1) is 12.1. The van der Waals surface area contributed by atoms with Gasteiger partial charge in [-0.25, -0.2) is 0 Å². The van der Waals surface area contributed by atoms with Gasteiger partial charge in [0, 0.05) is 17.0 Å². The molecule has 3 aromatic rings. The van der Waals surface area contributed by atoms with E-state index in [1.807, 2.05) is 32.0 Å². The zero-order chi connectivity index (χ0) is 17.6. The van der Waals surface area contributed by atoms with E-state index in [0.717, 1.165) is 33.6 Å². The zero-order valence-electron chi connectivity index (χ0n) is 14.1. The van der Waals surface area contributed by atoms with Gasteiger partial charge in [0.15, 0.2) is 10.1 Å². The largest absolute Gasteiger partial charge is 0.360 e. The van der Waals surface area contributed by atoms with Gasteiger partial charge in [-0.2, -0.15) is 0 Å². The van der Waals surface area contributed by atoms with Crippen molar-refractivity contribution < 1.29 is 4.79 Å². The molecule has 2 heterocycles. The Hall–Kier alpha value is -1.70. The minimum absolute atomic E-state index is 0.121. The number of rotatable bonds is 8. The lowest BCUT2D eigenvalue weighted by atomic mass is 10.0. The van der Waals surface area contributed by atoms with Crippen LogP contribution < -0.4 is 5.32 Å².